The summed E-state index contributed by atoms with van der Waals surface area (Å²) in [6.07, 6.45) is 2.58. The van der Waals surface area contributed by atoms with Gasteiger partial charge in [0.15, 0.2) is 0 Å². The monoisotopic (exact) mass is 290 g/mol. The van der Waals surface area contributed by atoms with Gasteiger partial charge in [0.1, 0.15) is 24.6 Å². The van der Waals surface area contributed by atoms with Crippen molar-refractivity contribution in [1.29, 1.82) is 0 Å². The fourth-order valence-electron chi connectivity index (χ4n) is 3.26. The molecule has 3 aliphatic rings. The van der Waals surface area contributed by atoms with Gasteiger partial charge in [-0.3, -0.25) is 0 Å². The summed E-state index contributed by atoms with van der Waals surface area (Å²) in [6, 6.07) is 19.0. The van der Waals surface area contributed by atoms with Crippen LogP contribution in [0, 0.1) is 6.92 Å². The Morgan fingerprint density at radius 3 is 2.41 bits per heavy atom. The Labute approximate surface area is 130 Å². The van der Waals surface area contributed by atoms with Crippen LogP contribution in [0.25, 0.3) is 22.6 Å². The Balaban J connectivity index is 1.92. The molecule has 0 amide bonds. The first kappa shape index (κ1) is 13.3. The fraction of sp³-hybridized carbons (Fsp3) is 0.250. The van der Waals surface area contributed by atoms with Crippen LogP contribution in [0.15, 0.2) is 59.0 Å². The van der Waals surface area contributed by atoms with E-state index in [1.807, 2.05) is 18.2 Å². The maximum atomic E-state index is 6.20. The van der Waals surface area contributed by atoms with Crippen molar-refractivity contribution < 1.29 is 4.42 Å². The maximum Gasteiger partial charge on any atom is 0.203 e. The van der Waals surface area contributed by atoms with Crippen molar-refractivity contribution in [1.82, 2.24) is 4.58 Å². The topological polar surface area (TPSA) is 16.1 Å². The molecular weight excluding hydrogens is 270 g/mol. The summed E-state index contributed by atoms with van der Waals surface area (Å²) in [4.78, 5) is 0. The van der Waals surface area contributed by atoms with Gasteiger partial charge in [0, 0.05) is 30.0 Å². The van der Waals surface area contributed by atoms with Gasteiger partial charge in [-0.15, -0.1) is 0 Å². The van der Waals surface area contributed by atoms with E-state index in [1.54, 1.807) is 0 Å². The van der Waals surface area contributed by atoms with Crippen LogP contribution in [0.1, 0.15) is 18.4 Å². The van der Waals surface area contributed by atoms with Gasteiger partial charge in [-0.05, 0) is 24.6 Å². The molecule has 0 aromatic heterocycles. The molecule has 4 rings (SSSR count). The lowest BCUT2D eigenvalue weighted by atomic mass is 10.0. The number of nitrogens with zero attached hydrogens (tertiary/aromatic N) is 1. The molecule has 0 unspecified atom stereocenters. The second-order valence-corrected chi connectivity index (χ2v) is 6.03. The highest BCUT2D eigenvalue weighted by Gasteiger charge is 2.16. The molecule has 0 saturated carbocycles. The number of hydrogen-bond donors (Lipinski definition) is 0. The highest BCUT2D eigenvalue weighted by molar-refractivity contribution is 5.68. The standard InChI is InChI=1S/C20H20NO/c1-15-13-19(16-7-3-2-4-8-16)22-20-14-17(9-10-18(15)20)21-11-5-6-12-21/h2-4,7-10,13-14H,5-6,11-12H2,1H3/q+1. The molecule has 1 saturated heterocycles. The molecular formula is C20H20NO+. The molecule has 22 heavy (non-hydrogen) atoms. The number of aryl methyl sites for hydroxylation is 1. The van der Waals surface area contributed by atoms with Crippen molar-refractivity contribution >= 4 is 0 Å². The van der Waals surface area contributed by atoms with Gasteiger partial charge in [-0.2, -0.15) is 0 Å². The molecule has 0 atom stereocenters. The van der Waals surface area contributed by atoms with Gasteiger partial charge in [-0.1, -0.05) is 30.3 Å². The Morgan fingerprint density at radius 1 is 0.864 bits per heavy atom. The summed E-state index contributed by atoms with van der Waals surface area (Å²) in [5.41, 5.74) is 3.58. The molecule has 1 aliphatic carbocycles. The summed E-state index contributed by atoms with van der Waals surface area (Å²) in [6.45, 7) is 4.46. The van der Waals surface area contributed by atoms with Crippen LogP contribution in [0.5, 0.6) is 0 Å². The zero-order valence-electron chi connectivity index (χ0n) is 12.9. The van der Waals surface area contributed by atoms with E-state index in [2.05, 4.69) is 47.9 Å². The molecule has 2 aliphatic heterocycles. The molecule has 2 heteroatoms. The van der Waals surface area contributed by atoms with E-state index in [-0.39, 0.29) is 0 Å². The van der Waals surface area contributed by atoms with E-state index in [0.29, 0.717) is 0 Å². The average molecular weight is 290 g/mol. The van der Waals surface area contributed by atoms with Gasteiger partial charge < -0.3 is 4.42 Å². The van der Waals surface area contributed by atoms with Crippen LogP contribution < -0.4 is 9.93 Å². The Morgan fingerprint density at radius 2 is 1.64 bits per heavy atom. The molecule has 110 valence electrons. The highest BCUT2D eigenvalue weighted by atomic mass is 16.3. The predicted molar refractivity (Wildman–Crippen MR) is 89.7 cm³/mol. The zero-order chi connectivity index (χ0) is 14.9. The van der Waals surface area contributed by atoms with Crippen LogP contribution in [0.2, 0.25) is 0 Å². The number of benzene rings is 2. The summed E-state index contributed by atoms with van der Waals surface area (Å²) in [7, 11) is 0. The summed E-state index contributed by atoms with van der Waals surface area (Å²) in [5, 5.41) is 1.28. The molecule has 1 fully saturated rings. The zero-order valence-corrected chi connectivity index (χ0v) is 12.9. The van der Waals surface area contributed by atoms with Crippen molar-refractivity contribution in [3.63, 3.8) is 0 Å². The first-order chi connectivity index (χ1) is 10.8. The van der Waals surface area contributed by atoms with Crippen molar-refractivity contribution in [3.8, 4) is 22.6 Å². The second kappa shape index (κ2) is 5.45. The lowest BCUT2D eigenvalue weighted by Gasteiger charge is -2.11. The van der Waals surface area contributed by atoms with Gasteiger partial charge in [0.2, 0.25) is 5.36 Å². The van der Waals surface area contributed by atoms with Crippen molar-refractivity contribution in [2.75, 3.05) is 13.1 Å². The fourth-order valence-corrected chi connectivity index (χ4v) is 3.26. The van der Waals surface area contributed by atoms with Gasteiger partial charge >= 0.3 is 0 Å². The van der Waals surface area contributed by atoms with E-state index in [4.69, 9.17) is 4.42 Å². The maximum absolute atomic E-state index is 6.20. The lowest BCUT2D eigenvalue weighted by Crippen LogP contribution is -2.26. The highest BCUT2D eigenvalue weighted by Crippen LogP contribution is 2.30. The normalized spacial score (nSPS) is 14.7. The minimum Gasteiger partial charge on any atom is -0.456 e. The number of hydrogen-bond acceptors (Lipinski definition) is 1. The van der Waals surface area contributed by atoms with Crippen LogP contribution in [-0.4, -0.2) is 13.1 Å². The third-order valence-electron chi connectivity index (χ3n) is 4.49. The third-order valence-corrected chi connectivity index (χ3v) is 4.49. The van der Waals surface area contributed by atoms with Crippen LogP contribution in [0.3, 0.4) is 0 Å². The molecule has 0 bridgehead atoms. The lowest BCUT2D eigenvalue weighted by molar-refractivity contribution is 0.576. The van der Waals surface area contributed by atoms with Gasteiger partial charge in [0.25, 0.3) is 0 Å². The molecule has 0 radical (unpaired) electrons. The van der Waals surface area contributed by atoms with Crippen molar-refractivity contribution in [3.05, 3.63) is 65.5 Å². The van der Waals surface area contributed by atoms with Crippen LogP contribution >= 0.6 is 0 Å². The van der Waals surface area contributed by atoms with E-state index in [1.165, 1.54) is 29.3 Å². The molecule has 1 aromatic rings. The largest absolute Gasteiger partial charge is 0.456 e. The summed E-state index contributed by atoms with van der Waals surface area (Å²) < 4.78 is 8.65. The van der Waals surface area contributed by atoms with E-state index < -0.39 is 0 Å². The second-order valence-electron chi connectivity index (χ2n) is 6.03. The quantitative estimate of drug-likeness (QED) is 0.620. The average Bonchev–Trinajstić information content (AvgIpc) is 3.09. The Bertz CT molecular complexity index is 837. The van der Waals surface area contributed by atoms with E-state index in [0.717, 1.165) is 30.2 Å². The number of rotatable bonds is 1. The Kier molecular flexibility index (Phi) is 3.30. The SMILES string of the molecule is Cc1cc(-c2ccccc2)oc2cc(=[N+]3CCCC3)ccc1-2. The van der Waals surface area contributed by atoms with Crippen LogP contribution in [-0.2, 0) is 0 Å². The van der Waals surface area contributed by atoms with E-state index >= 15 is 0 Å². The van der Waals surface area contributed by atoms with Crippen LogP contribution in [0.4, 0.5) is 0 Å². The summed E-state index contributed by atoms with van der Waals surface area (Å²) >= 11 is 0. The van der Waals surface area contributed by atoms with Crippen molar-refractivity contribution in [2.24, 2.45) is 0 Å². The number of fused-ring (bicyclic) bond motifs is 1. The predicted octanol–water partition coefficient (Wildman–Crippen LogP) is 3.93. The molecule has 0 spiro atoms. The molecule has 2 heterocycles. The molecule has 1 aromatic carbocycles. The van der Waals surface area contributed by atoms with E-state index in [9.17, 15) is 0 Å². The minimum absolute atomic E-state index is 0.934. The molecule has 2 nitrogen and oxygen atoms in total. The minimum atomic E-state index is 0.934. The first-order valence-corrected chi connectivity index (χ1v) is 7.99. The van der Waals surface area contributed by atoms with Crippen molar-refractivity contribution in [2.45, 2.75) is 19.8 Å². The Hall–Kier alpha value is -2.35. The third kappa shape index (κ3) is 2.35. The molecule has 0 N–H and O–H groups in total. The first-order valence-electron chi connectivity index (χ1n) is 7.99. The van der Waals surface area contributed by atoms with Gasteiger partial charge in [-0.25, -0.2) is 4.58 Å². The van der Waals surface area contributed by atoms with Gasteiger partial charge in [0.05, 0.1) is 6.07 Å². The summed E-state index contributed by atoms with van der Waals surface area (Å²) in [5.74, 6) is 1.91. The smallest absolute Gasteiger partial charge is 0.203 e.